The molecule has 3 nitrogen and oxygen atoms in total. The highest BCUT2D eigenvalue weighted by atomic mass is 35.5. The minimum Gasteiger partial charge on any atom is -0.332 e. The zero-order chi connectivity index (χ0) is 17.0. The minimum absolute atomic E-state index is 0.0800. The van der Waals surface area contributed by atoms with E-state index in [1.165, 1.54) is 0 Å². The van der Waals surface area contributed by atoms with E-state index in [0.717, 1.165) is 31.2 Å². The molecule has 0 N–H and O–H groups in total. The summed E-state index contributed by atoms with van der Waals surface area (Å²) in [5, 5.41) is 9.83. The van der Waals surface area contributed by atoms with Crippen molar-refractivity contribution in [1.82, 2.24) is 4.90 Å². The van der Waals surface area contributed by atoms with Gasteiger partial charge in [0.1, 0.15) is 0 Å². The number of nitrogens with zero attached hydrogens (tertiary/aromatic N) is 2. The number of hydrogen-bond donors (Lipinski definition) is 0. The topological polar surface area (TPSA) is 44.1 Å². The molecule has 0 bridgehead atoms. The molecule has 1 amide bonds. The van der Waals surface area contributed by atoms with E-state index in [0.29, 0.717) is 5.02 Å². The largest absolute Gasteiger partial charge is 0.332 e. The van der Waals surface area contributed by atoms with Crippen molar-refractivity contribution in [3.63, 3.8) is 0 Å². The number of rotatable bonds is 5. The molecule has 2 atom stereocenters. The summed E-state index contributed by atoms with van der Waals surface area (Å²) in [4.78, 5) is 15.2. The van der Waals surface area contributed by atoms with Crippen LogP contribution < -0.4 is 0 Å². The van der Waals surface area contributed by atoms with Gasteiger partial charge in [0.15, 0.2) is 0 Å². The van der Waals surface area contributed by atoms with Gasteiger partial charge >= 0.3 is 0 Å². The second kappa shape index (κ2) is 7.36. The molecule has 1 unspecified atom stereocenters. The number of nitriles is 1. The Bertz CT molecular complexity index is 588. The SMILES string of the molecule is CCC(CC)N1C(=O)[C@@](C)(CC#N)CCC1c1ccc(Cl)cc1. The zero-order valence-electron chi connectivity index (χ0n) is 14.2. The normalized spacial score (nSPS) is 24.8. The first-order valence-corrected chi connectivity index (χ1v) is 8.79. The molecule has 1 fully saturated rings. The van der Waals surface area contributed by atoms with Crippen molar-refractivity contribution in [1.29, 1.82) is 5.26 Å². The summed E-state index contributed by atoms with van der Waals surface area (Å²) in [6.07, 6.45) is 3.78. The van der Waals surface area contributed by atoms with Crippen molar-refractivity contribution in [2.75, 3.05) is 0 Å². The van der Waals surface area contributed by atoms with Crippen LogP contribution in [-0.2, 0) is 4.79 Å². The van der Waals surface area contributed by atoms with E-state index in [1.54, 1.807) is 0 Å². The predicted octanol–water partition coefficient (Wildman–Crippen LogP) is 5.11. The third kappa shape index (κ3) is 3.53. The standard InChI is InChI=1S/C19H25ClN2O/c1-4-16(5-2)22-17(14-6-8-15(20)9-7-14)10-11-19(3,12-13-21)18(22)23/h6-9,16-17H,4-5,10-12H2,1-3H3/t17?,19-/m1/s1. The van der Waals surface area contributed by atoms with Gasteiger partial charge in [0, 0.05) is 17.5 Å². The predicted molar refractivity (Wildman–Crippen MR) is 93.0 cm³/mol. The van der Waals surface area contributed by atoms with Crippen LogP contribution in [0.15, 0.2) is 24.3 Å². The van der Waals surface area contributed by atoms with Gasteiger partial charge in [-0.1, -0.05) is 37.6 Å². The minimum atomic E-state index is -0.555. The highest BCUT2D eigenvalue weighted by molar-refractivity contribution is 6.30. The second-order valence-corrected chi connectivity index (χ2v) is 7.12. The molecule has 0 spiro atoms. The van der Waals surface area contributed by atoms with E-state index in [9.17, 15) is 4.79 Å². The monoisotopic (exact) mass is 332 g/mol. The van der Waals surface area contributed by atoms with Crippen LogP contribution >= 0.6 is 11.6 Å². The van der Waals surface area contributed by atoms with Crippen molar-refractivity contribution in [3.8, 4) is 6.07 Å². The molecule has 124 valence electrons. The van der Waals surface area contributed by atoms with Gasteiger partial charge < -0.3 is 4.90 Å². The maximum atomic E-state index is 13.2. The molecular formula is C19H25ClN2O. The van der Waals surface area contributed by atoms with Crippen LogP contribution in [0, 0.1) is 16.7 Å². The average Bonchev–Trinajstić information content (AvgIpc) is 2.54. The van der Waals surface area contributed by atoms with Crippen LogP contribution in [0.25, 0.3) is 0 Å². The van der Waals surface area contributed by atoms with Crippen LogP contribution in [0.2, 0.25) is 5.02 Å². The van der Waals surface area contributed by atoms with Gasteiger partial charge in [-0.3, -0.25) is 4.79 Å². The smallest absolute Gasteiger partial charge is 0.230 e. The molecule has 0 aliphatic carbocycles. The molecule has 0 aromatic heterocycles. The van der Waals surface area contributed by atoms with Crippen molar-refractivity contribution in [2.45, 2.75) is 65.0 Å². The van der Waals surface area contributed by atoms with Crippen LogP contribution in [0.3, 0.4) is 0 Å². The summed E-state index contributed by atoms with van der Waals surface area (Å²) in [6.45, 7) is 6.18. The number of halogens is 1. The molecule has 0 radical (unpaired) electrons. The first kappa shape index (κ1) is 17.8. The Labute approximate surface area is 144 Å². The number of piperidine rings is 1. The van der Waals surface area contributed by atoms with Crippen molar-refractivity contribution >= 4 is 17.5 Å². The summed E-state index contributed by atoms with van der Waals surface area (Å²) in [5.74, 6) is 0.124. The van der Waals surface area contributed by atoms with E-state index in [1.807, 2.05) is 36.1 Å². The maximum absolute atomic E-state index is 13.2. The van der Waals surface area contributed by atoms with Crippen molar-refractivity contribution < 1.29 is 4.79 Å². The van der Waals surface area contributed by atoms with E-state index < -0.39 is 5.41 Å². The lowest BCUT2D eigenvalue weighted by Crippen LogP contribution is -2.52. The fourth-order valence-electron chi connectivity index (χ4n) is 3.61. The van der Waals surface area contributed by atoms with Gasteiger partial charge in [-0.25, -0.2) is 0 Å². The zero-order valence-corrected chi connectivity index (χ0v) is 14.9. The van der Waals surface area contributed by atoms with Crippen LogP contribution in [0.1, 0.15) is 64.5 Å². The summed E-state index contributed by atoms with van der Waals surface area (Å²) in [5.41, 5.74) is 0.578. The molecule has 1 aliphatic rings. The molecule has 1 aromatic rings. The number of benzene rings is 1. The lowest BCUT2D eigenvalue weighted by molar-refractivity contribution is -0.153. The van der Waals surface area contributed by atoms with Crippen molar-refractivity contribution in [2.24, 2.45) is 5.41 Å². The lowest BCUT2D eigenvalue weighted by Gasteiger charge is -2.47. The maximum Gasteiger partial charge on any atom is 0.230 e. The molecule has 1 heterocycles. The molecule has 1 saturated heterocycles. The number of carbonyl (C=O) groups excluding carboxylic acids is 1. The Balaban J connectivity index is 2.40. The molecule has 1 aliphatic heterocycles. The highest BCUT2D eigenvalue weighted by Gasteiger charge is 2.45. The summed E-state index contributed by atoms with van der Waals surface area (Å²) >= 11 is 6.00. The van der Waals surface area contributed by atoms with Crippen LogP contribution in [-0.4, -0.2) is 16.8 Å². The first-order valence-electron chi connectivity index (χ1n) is 8.42. The van der Waals surface area contributed by atoms with Gasteiger partial charge in [0.25, 0.3) is 0 Å². The molecule has 4 heteroatoms. The number of likely N-dealkylation sites (tertiary alicyclic amines) is 1. The van der Waals surface area contributed by atoms with E-state index in [4.69, 9.17) is 16.9 Å². The fourth-order valence-corrected chi connectivity index (χ4v) is 3.73. The average molecular weight is 333 g/mol. The van der Waals surface area contributed by atoms with Gasteiger partial charge in [0.05, 0.1) is 17.5 Å². The Morgan fingerprint density at radius 1 is 1.35 bits per heavy atom. The van der Waals surface area contributed by atoms with Gasteiger partial charge in [-0.15, -0.1) is 0 Å². The second-order valence-electron chi connectivity index (χ2n) is 6.68. The molecular weight excluding hydrogens is 308 g/mol. The molecule has 23 heavy (non-hydrogen) atoms. The third-order valence-corrected chi connectivity index (χ3v) is 5.37. The third-order valence-electron chi connectivity index (χ3n) is 5.12. The van der Waals surface area contributed by atoms with E-state index >= 15 is 0 Å². The Kier molecular flexibility index (Phi) is 5.70. The fraction of sp³-hybridized carbons (Fsp3) is 0.579. The van der Waals surface area contributed by atoms with Gasteiger partial charge in [-0.2, -0.15) is 5.26 Å². The number of carbonyl (C=O) groups is 1. The quantitative estimate of drug-likeness (QED) is 0.751. The van der Waals surface area contributed by atoms with Gasteiger partial charge in [-0.05, 0) is 50.3 Å². The van der Waals surface area contributed by atoms with Crippen molar-refractivity contribution in [3.05, 3.63) is 34.9 Å². The lowest BCUT2D eigenvalue weighted by atomic mass is 9.74. The molecule has 0 saturated carbocycles. The Hall–Kier alpha value is -1.53. The Morgan fingerprint density at radius 2 is 1.96 bits per heavy atom. The van der Waals surface area contributed by atoms with Gasteiger partial charge in [0.2, 0.25) is 5.91 Å². The highest BCUT2D eigenvalue weighted by Crippen LogP contribution is 2.44. The van der Waals surface area contributed by atoms with Crippen LogP contribution in [0.5, 0.6) is 0 Å². The van der Waals surface area contributed by atoms with E-state index in [-0.39, 0.29) is 24.4 Å². The number of hydrogen-bond acceptors (Lipinski definition) is 2. The first-order chi connectivity index (χ1) is 11.0. The Morgan fingerprint density at radius 3 is 2.48 bits per heavy atom. The van der Waals surface area contributed by atoms with Crippen LogP contribution in [0.4, 0.5) is 0 Å². The van der Waals surface area contributed by atoms with E-state index in [2.05, 4.69) is 19.9 Å². The molecule has 2 rings (SSSR count). The molecule has 1 aromatic carbocycles. The number of amides is 1. The summed E-state index contributed by atoms with van der Waals surface area (Å²) < 4.78 is 0. The summed E-state index contributed by atoms with van der Waals surface area (Å²) in [6, 6.07) is 10.3. The summed E-state index contributed by atoms with van der Waals surface area (Å²) in [7, 11) is 0.